The molecule has 4 nitrogen and oxygen atoms in total. The third-order valence-electron chi connectivity index (χ3n) is 4.07. The fourth-order valence-corrected chi connectivity index (χ4v) is 5.20. The highest BCUT2D eigenvalue weighted by Crippen LogP contribution is 2.58. The Labute approximate surface area is 165 Å². The molecule has 142 valence electrons. The Balaban J connectivity index is 2.44. The quantitative estimate of drug-likeness (QED) is 0.458. The van der Waals surface area contributed by atoms with Crippen molar-refractivity contribution in [3.05, 3.63) is 58.1 Å². The van der Waals surface area contributed by atoms with Crippen LogP contribution in [0, 0.1) is 0 Å². The Morgan fingerprint density at radius 3 is 2.35 bits per heavy atom. The molecule has 2 aromatic rings. The molecule has 0 spiro atoms. The van der Waals surface area contributed by atoms with Gasteiger partial charge in [0.15, 0.2) is 5.85 Å². The molecule has 0 aliphatic carbocycles. The molecule has 2 aromatic carbocycles. The van der Waals surface area contributed by atoms with Gasteiger partial charge in [-0.2, -0.15) is 0 Å². The molecule has 0 aliphatic heterocycles. The molecular weight excluding hydrogens is 392 g/mol. The van der Waals surface area contributed by atoms with E-state index in [9.17, 15) is 9.67 Å². The zero-order chi connectivity index (χ0) is 19.3. The number of unbranched alkanes of at least 4 members (excludes halogenated alkanes) is 1. The molecule has 26 heavy (non-hydrogen) atoms. The summed E-state index contributed by atoms with van der Waals surface area (Å²) in [5.41, 5.74) is 1.31. The number of rotatable bonds is 8. The lowest BCUT2D eigenvalue weighted by Gasteiger charge is -2.25. The van der Waals surface area contributed by atoms with E-state index in [0.717, 1.165) is 18.5 Å². The van der Waals surface area contributed by atoms with Crippen LogP contribution in [0.2, 0.25) is 10.0 Å². The number of nitrogens with zero attached hydrogens (tertiary/aromatic N) is 1. The fraction of sp³-hybridized carbons (Fsp3) is 0.368. The third kappa shape index (κ3) is 4.82. The maximum atomic E-state index is 13.7. The molecule has 0 amide bonds. The Morgan fingerprint density at radius 2 is 1.81 bits per heavy atom. The van der Waals surface area contributed by atoms with Gasteiger partial charge in [-0.15, -0.1) is 0 Å². The molecule has 0 bridgehead atoms. The minimum atomic E-state index is -3.60. The van der Waals surface area contributed by atoms with Crippen LogP contribution in [0.3, 0.4) is 0 Å². The lowest BCUT2D eigenvalue weighted by Crippen LogP contribution is -2.16. The number of aliphatic hydroxyl groups is 1. The van der Waals surface area contributed by atoms with Crippen molar-refractivity contribution >= 4 is 41.6 Å². The summed E-state index contributed by atoms with van der Waals surface area (Å²) < 4.78 is 19.5. The van der Waals surface area contributed by atoms with Gasteiger partial charge in [-0.25, -0.2) is 0 Å². The van der Waals surface area contributed by atoms with Crippen LogP contribution < -0.4 is 10.2 Å². The Bertz CT molecular complexity index is 781. The summed E-state index contributed by atoms with van der Waals surface area (Å²) >= 11 is 12.1. The summed E-state index contributed by atoms with van der Waals surface area (Å²) in [5.74, 6) is -1.37. The minimum absolute atomic E-state index is 0.259. The van der Waals surface area contributed by atoms with Crippen LogP contribution in [-0.4, -0.2) is 25.8 Å². The van der Waals surface area contributed by atoms with Crippen LogP contribution in [0.4, 0.5) is 5.69 Å². The van der Waals surface area contributed by atoms with E-state index < -0.39 is 13.2 Å². The van der Waals surface area contributed by atoms with E-state index in [1.54, 1.807) is 24.3 Å². The zero-order valence-electron chi connectivity index (χ0n) is 15.2. The summed E-state index contributed by atoms with van der Waals surface area (Å²) in [4.78, 5) is 1.94. The maximum Gasteiger partial charge on any atom is 0.264 e. The summed E-state index contributed by atoms with van der Waals surface area (Å²) in [7, 11) is 0.254. The second kappa shape index (κ2) is 9.25. The van der Waals surface area contributed by atoms with Crippen molar-refractivity contribution in [2.24, 2.45) is 0 Å². The molecule has 0 aromatic heterocycles. The van der Waals surface area contributed by atoms with Crippen LogP contribution in [0.5, 0.6) is 0 Å². The number of benzene rings is 2. The van der Waals surface area contributed by atoms with Crippen LogP contribution in [0.25, 0.3) is 0 Å². The van der Waals surface area contributed by atoms with E-state index >= 15 is 0 Å². The standard InChI is InChI=1S/C19H24Cl2NO3P/c1-4-5-12-25-26(24,16-9-7-15(8-10-16)22(2)3)19(23)17-11-6-14(20)13-18(17)21/h6-11,13,19,23H,4-5,12H2,1-3H3/t19-,26+/m0/s1. The summed E-state index contributed by atoms with van der Waals surface area (Å²) in [6, 6.07) is 11.9. The normalized spacial score (nSPS) is 14.7. The highest BCUT2D eigenvalue weighted by atomic mass is 35.5. The second-order valence-electron chi connectivity index (χ2n) is 6.23. The molecular formula is C19H24Cl2NO3P. The average Bonchev–Trinajstić information content (AvgIpc) is 2.61. The average molecular weight is 416 g/mol. The minimum Gasteiger partial charge on any atom is -0.378 e. The maximum absolute atomic E-state index is 13.7. The fourth-order valence-electron chi connectivity index (χ4n) is 2.48. The topological polar surface area (TPSA) is 49.8 Å². The summed E-state index contributed by atoms with van der Waals surface area (Å²) in [6.07, 6.45) is 1.65. The number of aliphatic hydroxyl groups excluding tert-OH is 1. The molecule has 0 radical (unpaired) electrons. The predicted octanol–water partition coefficient (Wildman–Crippen LogP) is 5.47. The Hall–Kier alpha value is -1.03. The third-order valence-corrected chi connectivity index (χ3v) is 7.14. The lowest BCUT2D eigenvalue weighted by molar-refractivity contribution is 0.213. The molecule has 0 unspecified atom stereocenters. The number of anilines is 1. The highest BCUT2D eigenvalue weighted by molar-refractivity contribution is 7.67. The summed E-state index contributed by atoms with van der Waals surface area (Å²) in [6.45, 7) is 2.32. The highest BCUT2D eigenvalue weighted by Gasteiger charge is 2.37. The lowest BCUT2D eigenvalue weighted by atomic mass is 10.2. The first kappa shape index (κ1) is 21.3. The van der Waals surface area contributed by atoms with Crippen LogP contribution in [0.1, 0.15) is 31.2 Å². The molecule has 2 atom stereocenters. The van der Waals surface area contributed by atoms with Crippen LogP contribution in [0.15, 0.2) is 42.5 Å². The van der Waals surface area contributed by atoms with E-state index in [1.165, 1.54) is 6.07 Å². The van der Waals surface area contributed by atoms with E-state index in [1.807, 2.05) is 38.1 Å². The van der Waals surface area contributed by atoms with Crippen molar-refractivity contribution in [1.29, 1.82) is 0 Å². The second-order valence-corrected chi connectivity index (χ2v) is 9.54. The molecule has 0 fully saturated rings. The molecule has 7 heteroatoms. The predicted molar refractivity (Wildman–Crippen MR) is 110 cm³/mol. The van der Waals surface area contributed by atoms with Crippen molar-refractivity contribution < 1.29 is 14.2 Å². The largest absolute Gasteiger partial charge is 0.378 e. The first-order chi connectivity index (χ1) is 12.3. The smallest absolute Gasteiger partial charge is 0.264 e. The van der Waals surface area contributed by atoms with Crippen LogP contribution in [-0.2, 0) is 9.09 Å². The first-order valence-electron chi connectivity index (χ1n) is 8.45. The van der Waals surface area contributed by atoms with Gasteiger partial charge in [0.1, 0.15) is 0 Å². The number of hydrogen-bond donors (Lipinski definition) is 1. The van der Waals surface area contributed by atoms with E-state index in [2.05, 4.69) is 0 Å². The van der Waals surface area contributed by atoms with Gasteiger partial charge < -0.3 is 14.5 Å². The van der Waals surface area contributed by atoms with Crippen molar-refractivity contribution in [2.45, 2.75) is 25.6 Å². The van der Waals surface area contributed by atoms with Gasteiger partial charge in [0.05, 0.1) is 6.61 Å². The SMILES string of the molecule is CCCCO[P@](=O)(c1ccc(N(C)C)cc1)[C@H](O)c1ccc(Cl)cc1Cl. The molecule has 2 rings (SSSR count). The van der Waals surface area contributed by atoms with Crippen molar-refractivity contribution in [3.8, 4) is 0 Å². The van der Waals surface area contributed by atoms with Gasteiger partial charge in [-0.3, -0.25) is 4.57 Å². The first-order valence-corrected chi connectivity index (χ1v) is 10.9. The number of halogens is 2. The van der Waals surface area contributed by atoms with E-state index in [4.69, 9.17) is 27.7 Å². The van der Waals surface area contributed by atoms with E-state index in [0.29, 0.717) is 22.5 Å². The molecule has 1 N–H and O–H groups in total. The van der Waals surface area contributed by atoms with Gasteiger partial charge in [-0.1, -0.05) is 42.6 Å². The molecule has 0 saturated carbocycles. The van der Waals surface area contributed by atoms with Crippen molar-refractivity contribution in [1.82, 2.24) is 0 Å². The van der Waals surface area contributed by atoms with Gasteiger partial charge in [0.2, 0.25) is 0 Å². The van der Waals surface area contributed by atoms with Crippen molar-refractivity contribution in [3.63, 3.8) is 0 Å². The number of hydrogen-bond acceptors (Lipinski definition) is 4. The zero-order valence-corrected chi connectivity index (χ0v) is 17.6. The van der Waals surface area contributed by atoms with Crippen LogP contribution >= 0.6 is 30.6 Å². The van der Waals surface area contributed by atoms with Crippen molar-refractivity contribution in [2.75, 3.05) is 25.6 Å². The Kier molecular flexibility index (Phi) is 7.57. The Morgan fingerprint density at radius 1 is 1.15 bits per heavy atom. The van der Waals surface area contributed by atoms with Gasteiger partial charge in [-0.05, 0) is 42.8 Å². The summed E-state index contributed by atoms with van der Waals surface area (Å²) in [5, 5.41) is 12.1. The van der Waals surface area contributed by atoms with Gasteiger partial charge >= 0.3 is 0 Å². The van der Waals surface area contributed by atoms with Gasteiger partial charge in [0.25, 0.3) is 7.37 Å². The molecule has 0 aliphatic rings. The van der Waals surface area contributed by atoms with Gasteiger partial charge in [0, 0.05) is 40.7 Å². The van der Waals surface area contributed by atoms with E-state index in [-0.39, 0.29) is 5.02 Å². The molecule has 0 heterocycles. The monoisotopic (exact) mass is 415 g/mol. The molecule has 0 saturated heterocycles.